The van der Waals surface area contributed by atoms with Gasteiger partial charge in [0, 0.05) is 46.3 Å². The van der Waals surface area contributed by atoms with Crippen LogP contribution >= 0.6 is 24.0 Å². The van der Waals surface area contributed by atoms with E-state index in [4.69, 9.17) is 4.99 Å². The van der Waals surface area contributed by atoms with Gasteiger partial charge in [0.1, 0.15) is 18.7 Å². The fourth-order valence-corrected chi connectivity index (χ4v) is 3.22. The Labute approximate surface area is 178 Å². The third-order valence-corrected chi connectivity index (χ3v) is 4.67. The molecule has 0 spiro atoms. The average Bonchev–Trinajstić information content (AvgIpc) is 3.04. The molecule has 1 N–H and O–H groups in total. The number of aliphatic imine (C=N–C) groups is 1. The summed E-state index contributed by atoms with van der Waals surface area (Å²) in [6, 6.07) is 8.78. The molecule has 8 heteroatoms. The zero-order chi connectivity index (χ0) is 18.4. The van der Waals surface area contributed by atoms with Gasteiger partial charge in [-0.25, -0.2) is 9.98 Å². The van der Waals surface area contributed by atoms with E-state index in [9.17, 15) is 0 Å². The highest BCUT2D eigenvalue weighted by molar-refractivity contribution is 14.0. The van der Waals surface area contributed by atoms with Crippen LogP contribution in [0.3, 0.4) is 0 Å². The minimum absolute atomic E-state index is 0. The zero-order valence-corrected chi connectivity index (χ0v) is 18.8. The van der Waals surface area contributed by atoms with Crippen LogP contribution in [0.1, 0.15) is 23.9 Å². The first-order chi connectivity index (χ1) is 12.7. The summed E-state index contributed by atoms with van der Waals surface area (Å²) in [6.45, 7) is 10.7. The molecule has 1 aromatic heterocycles. The van der Waals surface area contributed by atoms with Crippen molar-refractivity contribution in [1.29, 1.82) is 0 Å². The average molecular weight is 483 g/mol. The van der Waals surface area contributed by atoms with E-state index < -0.39 is 0 Å². The lowest BCUT2D eigenvalue weighted by molar-refractivity contribution is 0.172. The van der Waals surface area contributed by atoms with Crippen LogP contribution in [0.15, 0.2) is 35.6 Å². The van der Waals surface area contributed by atoms with Crippen molar-refractivity contribution in [1.82, 2.24) is 29.9 Å². The molecular formula is C19H30IN7. The van der Waals surface area contributed by atoms with E-state index >= 15 is 0 Å². The second-order valence-electron chi connectivity index (χ2n) is 6.72. The van der Waals surface area contributed by atoms with E-state index in [0.717, 1.165) is 51.1 Å². The Morgan fingerprint density at radius 2 is 2.00 bits per heavy atom. The zero-order valence-electron chi connectivity index (χ0n) is 16.4. The Balaban J connectivity index is 0.00000261. The van der Waals surface area contributed by atoms with Gasteiger partial charge < -0.3 is 10.2 Å². The summed E-state index contributed by atoms with van der Waals surface area (Å²) in [6.07, 6.45) is 1.57. The number of hydrogen-bond acceptors (Lipinski definition) is 4. The number of hydrogen-bond donors (Lipinski definition) is 1. The first kappa shape index (κ1) is 21.6. The molecule has 2 aromatic rings. The van der Waals surface area contributed by atoms with Crippen molar-refractivity contribution < 1.29 is 0 Å². The summed E-state index contributed by atoms with van der Waals surface area (Å²) < 4.78 is 1.77. The van der Waals surface area contributed by atoms with E-state index in [1.807, 2.05) is 7.05 Å². The number of nitrogens with one attached hydrogen (secondary N) is 1. The van der Waals surface area contributed by atoms with Crippen LogP contribution in [-0.4, -0.2) is 63.2 Å². The molecule has 2 heterocycles. The summed E-state index contributed by atoms with van der Waals surface area (Å²) >= 11 is 0. The molecule has 3 rings (SSSR count). The van der Waals surface area contributed by atoms with Gasteiger partial charge in [0.25, 0.3) is 0 Å². The minimum atomic E-state index is 0. The van der Waals surface area contributed by atoms with E-state index in [2.05, 4.69) is 63.3 Å². The van der Waals surface area contributed by atoms with E-state index in [0.29, 0.717) is 6.54 Å². The quantitative estimate of drug-likeness (QED) is 0.401. The van der Waals surface area contributed by atoms with Crippen molar-refractivity contribution in [2.24, 2.45) is 12.0 Å². The Morgan fingerprint density at radius 3 is 2.63 bits per heavy atom. The number of piperazine rings is 1. The number of benzene rings is 1. The Morgan fingerprint density at radius 1 is 1.22 bits per heavy atom. The Kier molecular flexibility index (Phi) is 8.49. The molecule has 27 heavy (non-hydrogen) atoms. The number of rotatable bonds is 5. The standard InChI is InChI=1S/C19H29N7.HI/c1-4-20-19(21-13-18-22-15-23-24(18)3)26-10-8-25(9-11-26)14-17-7-5-6-16(2)12-17;/h5-7,12,15H,4,8-11,13-14H2,1-3H3,(H,20,21);1H. The predicted molar refractivity (Wildman–Crippen MR) is 119 cm³/mol. The number of halogens is 1. The third kappa shape index (κ3) is 6.17. The van der Waals surface area contributed by atoms with Crippen LogP contribution in [0.4, 0.5) is 0 Å². The van der Waals surface area contributed by atoms with Crippen LogP contribution in [0, 0.1) is 6.92 Å². The van der Waals surface area contributed by atoms with Crippen molar-refractivity contribution >= 4 is 29.9 Å². The second kappa shape index (κ2) is 10.6. The lowest BCUT2D eigenvalue weighted by Crippen LogP contribution is -2.52. The largest absolute Gasteiger partial charge is 0.357 e. The van der Waals surface area contributed by atoms with Gasteiger partial charge in [0.2, 0.25) is 0 Å². The second-order valence-corrected chi connectivity index (χ2v) is 6.72. The lowest BCUT2D eigenvalue weighted by atomic mass is 10.1. The van der Waals surface area contributed by atoms with E-state index in [-0.39, 0.29) is 24.0 Å². The summed E-state index contributed by atoms with van der Waals surface area (Å²) in [7, 11) is 1.90. The van der Waals surface area contributed by atoms with Crippen molar-refractivity contribution in [3.63, 3.8) is 0 Å². The van der Waals surface area contributed by atoms with Crippen LogP contribution in [0.25, 0.3) is 0 Å². The maximum absolute atomic E-state index is 4.75. The van der Waals surface area contributed by atoms with Crippen LogP contribution < -0.4 is 5.32 Å². The molecule has 1 aliphatic heterocycles. The maximum atomic E-state index is 4.75. The monoisotopic (exact) mass is 483 g/mol. The minimum Gasteiger partial charge on any atom is -0.357 e. The van der Waals surface area contributed by atoms with Crippen molar-refractivity contribution in [2.75, 3.05) is 32.7 Å². The normalized spacial score (nSPS) is 15.5. The lowest BCUT2D eigenvalue weighted by Gasteiger charge is -2.36. The van der Waals surface area contributed by atoms with Gasteiger partial charge in [-0.05, 0) is 19.4 Å². The molecule has 0 unspecified atom stereocenters. The molecule has 0 saturated carbocycles. The third-order valence-electron chi connectivity index (χ3n) is 4.67. The summed E-state index contributed by atoms with van der Waals surface area (Å²) in [5.74, 6) is 1.84. The summed E-state index contributed by atoms with van der Waals surface area (Å²) in [4.78, 5) is 13.9. The van der Waals surface area contributed by atoms with Gasteiger partial charge in [-0.3, -0.25) is 9.58 Å². The molecule has 1 saturated heterocycles. The first-order valence-electron chi connectivity index (χ1n) is 9.29. The van der Waals surface area contributed by atoms with Crippen molar-refractivity contribution in [3.05, 3.63) is 47.5 Å². The van der Waals surface area contributed by atoms with Gasteiger partial charge >= 0.3 is 0 Å². The van der Waals surface area contributed by atoms with Gasteiger partial charge in [-0.1, -0.05) is 29.8 Å². The van der Waals surface area contributed by atoms with Crippen molar-refractivity contribution in [2.45, 2.75) is 26.9 Å². The first-order valence-corrected chi connectivity index (χ1v) is 9.29. The highest BCUT2D eigenvalue weighted by atomic mass is 127. The van der Waals surface area contributed by atoms with Crippen LogP contribution in [0.5, 0.6) is 0 Å². The number of guanidine groups is 1. The van der Waals surface area contributed by atoms with Gasteiger partial charge in [-0.15, -0.1) is 24.0 Å². The highest BCUT2D eigenvalue weighted by Crippen LogP contribution is 2.11. The van der Waals surface area contributed by atoms with E-state index in [1.165, 1.54) is 11.1 Å². The highest BCUT2D eigenvalue weighted by Gasteiger charge is 2.19. The molecule has 0 amide bonds. The molecule has 148 valence electrons. The molecule has 1 aliphatic rings. The van der Waals surface area contributed by atoms with Gasteiger partial charge in [-0.2, -0.15) is 5.10 Å². The molecule has 0 atom stereocenters. The number of aryl methyl sites for hydroxylation is 2. The fraction of sp³-hybridized carbons (Fsp3) is 0.526. The molecule has 0 radical (unpaired) electrons. The van der Waals surface area contributed by atoms with Gasteiger partial charge in [0.15, 0.2) is 5.96 Å². The molecule has 1 fully saturated rings. The smallest absolute Gasteiger partial charge is 0.194 e. The fourth-order valence-electron chi connectivity index (χ4n) is 3.22. The Hall–Kier alpha value is -1.68. The summed E-state index contributed by atoms with van der Waals surface area (Å²) in [5.41, 5.74) is 2.72. The maximum Gasteiger partial charge on any atom is 0.194 e. The Bertz CT molecular complexity index is 735. The van der Waals surface area contributed by atoms with Crippen molar-refractivity contribution in [3.8, 4) is 0 Å². The molecule has 7 nitrogen and oxygen atoms in total. The molecular weight excluding hydrogens is 453 g/mol. The van der Waals surface area contributed by atoms with E-state index in [1.54, 1.807) is 11.0 Å². The molecule has 0 bridgehead atoms. The predicted octanol–water partition coefficient (Wildman–Crippen LogP) is 2.02. The summed E-state index contributed by atoms with van der Waals surface area (Å²) in [5, 5.41) is 7.51. The van der Waals surface area contributed by atoms with Gasteiger partial charge in [0.05, 0.1) is 0 Å². The van der Waals surface area contributed by atoms with Crippen LogP contribution in [0.2, 0.25) is 0 Å². The SMILES string of the molecule is CCNC(=NCc1ncnn1C)N1CCN(Cc2cccc(C)c2)CC1.I. The number of nitrogens with zero attached hydrogens (tertiary/aromatic N) is 6. The molecule has 0 aliphatic carbocycles. The molecule has 1 aromatic carbocycles. The van der Waals surface area contributed by atoms with Crippen LogP contribution in [-0.2, 0) is 20.1 Å². The topological polar surface area (TPSA) is 61.6 Å². The number of aromatic nitrogens is 3.